The Balaban J connectivity index is 4.31. The highest BCUT2D eigenvalue weighted by molar-refractivity contribution is 5.71. The minimum Gasteiger partial charge on any atom is -0.462 e. The van der Waals surface area contributed by atoms with Crippen LogP contribution in [0.4, 0.5) is 0 Å². The van der Waals surface area contributed by atoms with Crippen molar-refractivity contribution in [2.45, 2.75) is 284 Å². The number of carbonyl (C=O) groups is 3. The van der Waals surface area contributed by atoms with Gasteiger partial charge in [0, 0.05) is 19.3 Å². The minimum atomic E-state index is -0.760. The number of unbranched alkanes of at least 4 members (excludes halogenated alkanes) is 32. The molecule has 6 heteroatoms. The standard InChI is InChI=1S/C50H96O6/c1-5-7-9-11-13-15-17-18-19-20-22-26-31-35-39-43-50(53)56-47(44-54-48(51)41-37-33-29-25-21-16-14-12-10-8-6-2)45-55-49(52)42-38-34-30-27-23-24-28-32-36-40-46(3)4/h46-47H,5-45H2,1-4H3/t47-/m1/s1. The molecule has 0 unspecified atom stereocenters. The first-order valence-corrected chi connectivity index (χ1v) is 24.9. The van der Waals surface area contributed by atoms with Crippen LogP contribution < -0.4 is 0 Å². The highest BCUT2D eigenvalue weighted by atomic mass is 16.6. The van der Waals surface area contributed by atoms with Gasteiger partial charge in [0.15, 0.2) is 6.10 Å². The SMILES string of the molecule is CCCCCCCCCCCCCCCCCC(=O)O[C@H](COC(=O)CCCCCCCCCCCCC)COC(=O)CCCCCCCCCCCC(C)C. The molecule has 6 nitrogen and oxygen atoms in total. The van der Waals surface area contributed by atoms with Crippen molar-refractivity contribution in [2.24, 2.45) is 5.92 Å². The van der Waals surface area contributed by atoms with Crippen LogP contribution in [-0.2, 0) is 28.6 Å². The average molecular weight is 793 g/mol. The van der Waals surface area contributed by atoms with E-state index in [1.165, 1.54) is 173 Å². The highest BCUT2D eigenvalue weighted by Crippen LogP contribution is 2.17. The fourth-order valence-corrected chi connectivity index (χ4v) is 7.51. The van der Waals surface area contributed by atoms with Gasteiger partial charge in [-0.15, -0.1) is 0 Å². The third-order valence-corrected chi connectivity index (χ3v) is 11.3. The van der Waals surface area contributed by atoms with E-state index in [1.807, 2.05) is 0 Å². The number of esters is 3. The summed E-state index contributed by atoms with van der Waals surface area (Å²) < 4.78 is 16.8. The van der Waals surface area contributed by atoms with Gasteiger partial charge in [-0.1, -0.05) is 240 Å². The molecule has 332 valence electrons. The summed E-state index contributed by atoms with van der Waals surface area (Å²) in [5, 5.41) is 0. The van der Waals surface area contributed by atoms with Crippen LogP contribution in [0.5, 0.6) is 0 Å². The van der Waals surface area contributed by atoms with Gasteiger partial charge in [0.1, 0.15) is 13.2 Å². The molecule has 56 heavy (non-hydrogen) atoms. The van der Waals surface area contributed by atoms with Crippen LogP contribution in [0.25, 0.3) is 0 Å². The Hall–Kier alpha value is -1.59. The van der Waals surface area contributed by atoms with Gasteiger partial charge >= 0.3 is 17.9 Å². The van der Waals surface area contributed by atoms with Crippen molar-refractivity contribution in [3.8, 4) is 0 Å². The maximum absolute atomic E-state index is 12.8. The molecule has 0 aliphatic rings. The summed E-state index contributed by atoms with van der Waals surface area (Å²) in [6, 6.07) is 0. The Kier molecular flexibility index (Phi) is 43.2. The van der Waals surface area contributed by atoms with E-state index >= 15 is 0 Å². The maximum atomic E-state index is 12.8. The smallest absolute Gasteiger partial charge is 0.306 e. The van der Waals surface area contributed by atoms with E-state index in [0.717, 1.165) is 63.7 Å². The zero-order valence-corrected chi connectivity index (χ0v) is 38.1. The van der Waals surface area contributed by atoms with Gasteiger partial charge in [0.2, 0.25) is 0 Å². The molecular weight excluding hydrogens is 697 g/mol. The van der Waals surface area contributed by atoms with E-state index in [2.05, 4.69) is 27.7 Å². The summed E-state index contributed by atoms with van der Waals surface area (Å²) in [6.45, 7) is 8.99. The van der Waals surface area contributed by atoms with E-state index in [1.54, 1.807) is 0 Å². The van der Waals surface area contributed by atoms with Gasteiger partial charge in [0.25, 0.3) is 0 Å². The zero-order chi connectivity index (χ0) is 41.0. The summed E-state index contributed by atoms with van der Waals surface area (Å²) in [7, 11) is 0. The van der Waals surface area contributed by atoms with E-state index < -0.39 is 6.10 Å². The van der Waals surface area contributed by atoms with Crippen molar-refractivity contribution >= 4 is 17.9 Å². The topological polar surface area (TPSA) is 78.9 Å². The maximum Gasteiger partial charge on any atom is 0.306 e. The van der Waals surface area contributed by atoms with Crippen LogP contribution in [0.2, 0.25) is 0 Å². The van der Waals surface area contributed by atoms with Gasteiger partial charge in [-0.2, -0.15) is 0 Å². The van der Waals surface area contributed by atoms with Crippen molar-refractivity contribution in [2.75, 3.05) is 13.2 Å². The monoisotopic (exact) mass is 793 g/mol. The predicted molar refractivity (Wildman–Crippen MR) is 238 cm³/mol. The number of ether oxygens (including phenoxy) is 3. The number of carbonyl (C=O) groups excluding carboxylic acids is 3. The van der Waals surface area contributed by atoms with Gasteiger partial charge in [-0.05, 0) is 25.2 Å². The average Bonchev–Trinajstić information content (AvgIpc) is 3.18. The summed E-state index contributed by atoms with van der Waals surface area (Å²) in [4.78, 5) is 37.8. The Morgan fingerprint density at radius 1 is 0.339 bits per heavy atom. The lowest BCUT2D eigenvalue weighted by Crippen LogP contribution is -2.30. The first-order chi connectivity index (χ1) is 27.4. The third kappa shape index (κ3) is 43.5. The molecule has 0 aromatic rings. The van der Waals surface area contributed by atoms with Crippen LogP contribution in [0.1, 0.15) is 278 Å². The zero-order valence-electron chi connectivity index (χ0n) is 38.1. The van der Waals surface area contributed by atoms with Gasteiger partial charge in [-0.25, -0.2) is 0 Å². The first kappa shape index (κ1) is 54.4. The summed E-state index contributed by atoms with van der Waals surface area (Å²) in [6.07, 6.45) is 45.1. The van der Waals surface area contributed by atoms with Crippen molar-refractivity contribution in [3.05, 3.63) is 0 Å². The molecule has 0 bridgehead atoms. The van der Waals surface area contributed by atoms with E-state index in [-0.39, 0.29) is 31.1 Å². The van der Waals surface area contributed by atoms with Crippen LogP contribution in [0.3, 0.4) is 0 Å². The second-order valence-electron chi connectivity index (χ2n) is 17.6. The Labute approximate surface area is 348 Å². The Morgan fingerprint density at radius 2 is 0.589 bits per heavy atom. The molecule has 0 aromatic carbocycles. The Morgan fingerprint density at radius 3 is 0.875 bits per heavy atom. The molecule has 0 aliphatic heterocycles. The lowest BCUT2D eigenvalue weighted by molar-refractivity contribution is -0.167. The van der Waals surface area contributed by atoms with Crippen LogP contribution >= 0.6 is 0 Å². The van der Waals surface area contributed by atoms with E-state index in [9.17, 15) is 14.4 Å². The van der Waals surface area contributed by atoms with Crippen LogP contribution in [0, 0.1) is 5.92 Å². The molecule has 0 saturated heterocycles. The second kappa shape index (κ2) is 44.5. The van der Waals surface area contributed by atoms with Crippen molar-refractivity contribution in [1.82, 2.24) is 0 Å². The molecule has 0 radical (unpaired) electrons. The largest absolute Gasteiger partial charge is 0.462 e. The predicted octanol–water partition coefficient (Wildman–Crippen LogP) is 15.9. The lowest BCUT2D eigenvalue weighted by atomic mass is 10.0. The van der Waals surface area contributed by atoms with E-state index in [4.69, 9.17) is 14.2 Å². The normalized spacial score (nSPS) is 11.9. The molecule has 0 amide bonds. The lowest BCUT2D eigenvalue weighted by Gasteiger charge is -2.18. The molecular formula is C50H96O6. The van der Waals surface area contributed by atoms with Crippen LogP contribution in [-0.4, -0.2) is 37.2 Å². The first-order valence-electron chi connectivity index (χ1n) is 24.9. The summed E-state index contributed by atoms with van der Waals surface area (Å²) in [5.41, 5.74) is 0. The molecule has 0 aromatic heterocycles. The molecule has 0 saturated carbocycles. The molecule has 0 spiro atoms. The number of hydrogen-bond acceptors (Lipinski definition) is 6. The molecule has 0 aliphatic carbocycles. The molecule has 0 rings (SSSR count). The van der Waals surface area contributed by atoms with Crippen molar-refractivity contribution in [1.29, 1.82) is 0 Å². The fourth-order valence-electron chi connectivity index (χ4n) is 7.51. The fraction of sp³-hybridized carbons (Fsp3) is 0.940. The third-order valence-electron chi connectivity index (χ3n) is 11.3. The van der Waals surface area contributed by atoms with Crippen molar-refractivity contribution in [3.63, 3.8) is 0 Å². The summed E-state index contributed by atoms with van der Waals surface area (Å²) >= 11 is 0. The number of hydrogen-bond donors (Lipinski definition) is 0. The summed E-state index contributed by atoms with van der Waals surface area (Å²) in [5.74, 6) is -0.0400. The second-order valence-corrected chi connectivity index (χ2v) is 17.6. The van der Waals surface area contributed by atoms with Crippen molar-refractivity contribution < 1.29 is 28.6 Å². The van der Waals surface area contributed by atoms with Crippen LogP contribution in [0.15, 0.2) is 0 Å². The van der Waals surface area contributed by atoms with E-state index in [0.29, 0.717) is 19.3 Å². The molecule has 1 atom stereocenters. The van der Waals surface area contributed by atoms with Gasteiger partial charge in [-0.3, -0.25) is 14.4 Å². The molecule has 0 N–H and O–H groups in total. The molecule has 0 heterocycles. The van der Waals surface area contributed by atoms with Gasteiger partial charge in [0.05, 0.1) is 0 Å². The highest BCUT2D eigenvalue weighted by Gasteiger charge is 2.19. The number of rotatable bonds is 45. The van der Waals surface area contributed by atoms with Gasteiger partial charge < -0.3 is 14.2 Å². The quantitative estimate of drug-likeness (QED) is 0.0347. The Bertz CT molecular complexity index is 841. The molecule has 0 fully saturated rings. The minimum absolute atomic E-state index is 0.0633.